The van der Waals surface area contributed by atoms with E-state index in [4.69, 9.17) is 4.74 Å². The molecule has 6 nitrogen and oxygen atoms in total. The van der Waals surface area contributed by atoms with E-state index in [1.165, 1.54) is 29.5 Å². The second kappa shape index (κ2) is 7.43. The molecule has 3 rings (SSSR count). The molecule has 0 amide bonds. The standard InChI is InChI=1S/C18H16F2N2O4S/c1-8-10(3)27-16-13(8)15(23)21-14(22-16)9(2)25-17(24)11-5-4-6-12(7-11)26-18(19)20/h4-7,9,18H,1-3H3,(H,21,22,23). The van der Waals surface area contributed by atoms with Gasteiger partial charge < -0.3 is 14.5 Å². The molecule has 0 aliphatic heterocycles. The zero-order chi connectivity index (χ0) is 19.7. The van der Waals surface area contributed by atoms with E-state index in [0.717, 1.165) is 16.5 Å². The van der Waals surface area contributed by atoms with Crippen LogP contribution in [0.5, 0.6) is 5.75 Å². The summed E-state index contributed by atoms with van der Waals surface area (Å²) < 4.78 is 34.2. The largest absolute Gasteiger partial charge is 0.451 e. The molecule has 142 valence electrons. The Morgan fingerprint density at radius 3 is 2.74 bits per heavy atom. The van der Waals surface area contributed by atoms with Crippen LogP contribution in [-0.4, -0.2) is 22.5 Å². The molecule has 0 fully saturated rings. The van der Waals surface area contributed by atoms with E-state index >= 15 is 0 Å². The Balaban J connectivity index is 1.83. The monoisotopic (exact) mass is 394 g/mol. The number of hydrogen-bond donors (Lipinski definition) is 1. The normalized spacial score (nSPS) is 12.4. The molecule has 0 bridgehead atoms. The Morgan fingerprint density at radius 1 is 1.30 bits per heavy atom. The third-order valence-corrected chi connectivity index (χ3v) is 5.12. The minimum atomic E-state index is -2.99. The average molecular weight is 394 g/mol. The van der Waals surface area contributed by atoms with Gasteiger partial charge in [0.25, 0.3) is 5.56 Å². The van der Waals surface area contributed by atoms with E-state index in [1.54, 1.807) is 6.92 Å². The van der Waals surface area contributed by atoms with Gasteiger partial charge in [-0.2, -0.15) is 8.78 Å². The van der Waals surface area contributed by atoms with Crippen molar-refractivity contribution in [3.63, 3.8) is 0 Å². The van der Waals surface area contributed by atoms with Crippen molar-refractivity contribution in [2.75, 3.05) is 0 Å². The van der Waals surface area contributed by atoms with Crippen molar-refractivity contribution in [2.45, 2.75) is 33.5 Å². The van der Waals surface area contributed by atoms with E-state index in [2.05, 4.69) is 14.7 Å². The molecular weight excluding hydrogens is 378 g/mol. The van der Waals surface area contributed by atoms with E-state index in [1.807, 2.05) is 13.8 Å². The second-order valence-corrected chi connectivity index (χ2v) is 7.07. The van der Waals surface area contributed by atoms with Gasteiger partial charge in [-0.25, -0.2) is 9.78 Å². The van der Waals surface area contributed by atoms with Gasteiger partial charge in [-0.1, -0.05) is 6.07 Å². The number of benzene rings is 1. The summed E-state index contributed by atoms with van der Waals surface area (Å²) in [6, 6.07) is 5.29. The first-order chi connectivity index (χ1) is 12.8. The number of hydrogen-bond acceptors (Lipinski definition) is 6. The number of fused-ring (bicyclic) bond motifs is 1. The lowest BCUT2D eigenvalue weighted by atomic mass is 10.2. The average Bonchev–Trinajstić information content (AvgIpc) is 2.89. The van der Waals surface area contributed by atoms with Gasteiger partial charge in [-0.15, -0.1) is 11.3 Å². The number of aryl methyl sites for hydroxylation is 2. The number of carbonyl (C=O) groups excluding carboxylic acids is 1. The molecule has 0 aliphatic carbocycles. The molecule has 0 aliphatic rings. The highest BCUT2D eigenvalue weighted by Gasteiger charge is 2.19. The summed E-state index contributed by atoms with van der Waals surface area (Å²) in [5, 5.41) is 0.525. The lowest BCUT2D eigenvalue weighted by Crippen LogP contribution is -2.17. The summed E-state index contributed by atoms with van der Waals surface area (Å²) in [5.74, 6) is -0.685. The van der Waals surface area contributed by atoms with Crippen LogP contribution in [0.25, 0.3) is 10.2 Å². The number of thiophene rings is 1. The number of alkyl halides is 2. The Kier molecular flexibility index (Phi) is 5.22. The third-order valence-electron chi connectivity index (χ3n) is 4.02. The number of rotatable bonds is 5. The Morgan fingerprint density at radius 2 is 2.04 bits per heavy atom. The Bertz CT molecular complexity index is 1060. The molecule has 0 saturated carbocycles. The van der Waals surface area contributed by atoms with Crippen LogP contribution in [0, 0.1) is 13.8 Å². The SMILES string of the molecule is Cc1sc2nc(C(C)OC(=O)c3cccc(OC(F)F)c3)[nH]c(=O)c2c1C. The maximum atomic E-state index is 12.3. The molecule has 2 heterocycles. The quantitative estimate of drug-likeness (QED) is 0.659. The zero-order valence-electron chi connectivity index (χ0n) is 14.7. The first kappa shape index (κ1) is 19.0. The van der Waals surface area contributed by atoms with Gasteiger partial charge in [0.2, 0.25) is 0 Å². The molecule has 1 N–H and O–H groups in total. The summed E-state index contributed by atoms with van der Waals surface area (Å²) in [7, 11) is 0. The molecule has 1 unspecified atom stereocenters. The van der Waals surface area contributed by atoms with Crippen LogP contribution in [0.4, 0.5) is 8.78 Å². The zero-order valence-corrected chi connectivity index (χ0v) is 15.5. The number of nitrogens with one attached hydrogen (secondary N) is 1. The number of aromatic nitrogens is 2. The van der Waals surface area contributed by atoms with Crippen LogP contribution in [0.15, 0.2) is 29.1 Å². The van der Waals surface area contributed by atoms with Crippen molar-refractivity contribution in [3.05, 3.63) is 56.4 Å². The van der Waals surface area contributed by atoms with Gasteiger partial charge in [0.15, 0.2) is 11.9 Å². The predicted octanol–water partition coefficient (Wildman–Crippen LogP) is 4.12. The highest BCUT2D eigenvalue weighted by Crippen LogP contribution is 2.27. The molecular formula is C18H16F2N2O4S. The number of esters is 1. The third kappa shape index (κ3) is 3.97. The fourth-order valence-electron chi connectivity index (χ4n) is 2.55. The fourth-order valence-corrected chi connectivity index (χ4v) is 3.58. The summed E-state index contributed by atoms with van der Waals surface area (Å²) in [5.41, 5.74) is 0.620. The van der Waals surface area contributed by atoms with E-state index in [0.29, 0.717) is 10.2 Å². The first-order valence-electron chi connectivity index (χ1n) is 8.02. The van der Waals surface area contributed by atoms with Gasteiger partial charge in [0.1, 0.15) is 10.6 Å². The first-order valence-corrected chi connectivity index (χ1v) is 8.83. The van der Waals surface area contributed by atoms with Crippen LogP contribution < -0.4 is 10.3 Å². The fraction of sp³-hybridized carbons (Fsp3) is 0.278. The number of nitrogens with zero attached hydrogens (tertiary/aromatic N) is 1. The van der Waals surface area contributed by atoms with Crippen LogP contribution in [0.3, 0.4) is 0 Å². The lowest BCUT2D eigenvalue weighted by molar-refractivity contribution is -0.0499. The number of carbonyl (C=O) groups is 1. The van der Waals surface area contributed by atoms with Crippen molar-refractivity contribution in [2.24, 2.45) is 0 Å². The van der Waals surface area contributed by atoms with E-state index in [9.17, 15) is 18.4 Å². The molecule has 9 heteroatoms. The van der Waals surface area contributed by atoms with Crippen LogP contribution in [0.1, 0.15) is 39.7 Å². The minimum Gasteiger partial charge on any atom is -0.451 e. The van der Waals surface area contributed by atoms with Crippen molar-refractivity contribution in [1.29, 1.82) is 0 Å². The Hall–Kier alpha value is -2.81. The predicted molar refractivity (Wildman–Crippen MR) is 96.6 cm³/mol. The van der Waals surface area contributed by atoms with E-state index in [-0.39, 0.29) is 22.7 Å². The lowest BCUT2D eigenvalue weighted by Gasteiger charge is -2.13. The highest BCUT2D eigenvalue weighted by atomic mass is 32.1. The maximum Gasteiger partial charge on any atom is 0.387 e. The minimum absolute atomic E-state index is 0.0474. The second-order valence-electron chi connectivity index (χ2n) is 5.87. The molecule has 27 heavy (non-hydrogen) atoms. The van der Waals surface area contributed by atoms with Gasteiger partial charge in [0, 0.05) is 4.88 Å². The van der Waals surface area contributed by atoms with Crippen molar-refractivity contribution in [1.82, 2.24) is 9.97 Å². The number of H-pyrrole nitrogens is 1. The molecule has 0 spiro atoms. The van der Waals surface area contributed by atoms with Gasteiger partial charge >= 0.3 is 12.6 Å². The van der Waals surface area contributed by atoms with Crippen molar-refractivity contribution < 1.29 is 23.0 Å². The maximum absolute atomic E-state index is 12.3. The summed E-state index contributed by atoms with van der Waals surface area (Å²) in [6.07, 6.45) is -0.836. The molecule has 1 aromatic carbocycles. The van der Waals surface area contributed by atoms with Crippen LogP contribution >= 0.6 is 11.3 Å². The Labute approximate surface area is 156 Å². The molecule has 0 radical (unpaired) electrons. The number of ether oxygens (including phenoxy) is 2. The summed E-state index contributed by atoms with van der Waals surface area (Å²) in [4.78, 5) is 33.2. The molecule has 1 atom stereocenters. The van der Waals surface area contributed by atoms with Crippen LogP contribution in [0.2, 0.25) is 0 Å². The van der Waals surface area contributed by atoms with Crippen molar-refractivity contribution in [3.8, 4) is 5.75 Å². The highest BCUT2D eigenvalue weighted by molar-refractivity contribution is 7.18. The number of halogens is 2. The topological polar surface area (TPSA) is 81.3 Å². The van der Waals surface area contributed by atoms with Crippen molar-refractivity contribution >= 4 is 27.5 Å². The van der Waals surface area contributed by atoms with Gasteiger partial charge in [-0.3, -0.25) is 4.79 Å². The van der Waals surface area contributed by atoms with Gasteiger partial charge in [0.05, 0.1) is 10.9 Å². The number of aromatic amines is 1. The molecule has 2 aromatic heterocycles. The summed E-state index contributed by atoms with van der Waals surface area (Å²) in [6.45, 7) is 2.32. The summed E-state index contributed by atoms with van der Waals surface area (Å²) >= 11 is 1.39. The van der Waals surface area contributed by atoms with Gasteiger partial charge in [-0.05, 0) is 44.5 Å². The van der Waals surface area contributed by atoms with Crippen LogP contribution in [-0.2, 0) is 4.74 Å². The van der Waals surface area contributed by atoms with E-state index < -0.39 is 18.7 Å². The molecule has 3 aromatic rings. The smallest absolute Gasteiger partial charge is 0.387 e. The molecule has 0 saturated heterocycles.